The second-order valence-corrected chi connectivity index (χ2v) is 7.51. The summed E-state index contributed by atoms with van der Waals surface area (Å²) in [5.41, 5.74) is -0.878. The van der Waals surface area contributed by atoms with Crippen LogP contribution in [0.1, 0.15) is 33.1 Å². The van der Waals surface area contributed by atoms with E-state index in [0.29, 0.717) is 31.8 Å². The van der Waals surface area contributed by atoms with Crippen molar-refractivity contribution >= 4 is 17.8 Å². The molecule has 0 spiro atoms. The minimum Gasteiger partial charge on any atom is -0.484 e. The first kappa shape index (κ1) is 20.7. The number of ether oxygens (including phenoxy) is 1. The van der Waals surface area contributed by atoms with Gasteiger partial charge in [-0.3, -0.25) is 14.4 Å². The predicted molar refractivity (Wildman–Crippen MR) is 100 cm³/mol. The summed E-state index contributed by atoms with van der Waals surface area (Å²) in [5, 5.41) is 11.9. The second kappa shape index (κ2) is 9.39. The molecule has 0 bridgehead atoms. The lowest BCUT2D eigenvalue weighted by Gasteiger charge is -2.32. The Bertz CT molecular complexity index is 660. The maximum atomic E-state index is 12.4. The molecular weight excluding hydrogens is 348 g/mol. The number of benzene rings is 1. The monoisotopic (exact) mass is 376 g/mol. The van der Waals surface area contributed by atoms with Crippen molar-refractivity contribution in [1.29, 1.82) is 0 Å². The van der Waals surface area contributed by atoms with Crippen LogP contribution in [0.25, 0.3) is 0 Å². The summed E-state index contributed by atoms with van der Waals surface area (Å²) in [4.78, 5) is 37.5. The molecule has 2 N–H and O–H groups in total. The molecule has 1 heterocycles. The van der Waals surface area contributed by atoms with Crippen molar-refractivity contribution in [3.8, 4) is 5.75 Å². The van der Waals surface area contributed by atoms with Crippen molar-refractivity contribution in [1.82, 2.24) is 10.2 Å². The minimum absolute atomic E-state index is 0.0504. The molecule has 27 heavy (non-hydrogen) atoms. The van der Waals surface area contributed by atoms with Gasteiger partial charge in [-0.25, -0.2) is 0 Å². The van der Waals surface area contributed by atoms with E-state index >= 15 is 0 Å². The topological polar surface area (TPSA) is 95.9 Å². The van der Waals surface area contributed by atoms with Gasteiger partial charge in [-0.2, -0.15) is 0 Å². The lowest BCUT2D eigenvalue weighted by molar-refractivity contribution is -0.147. The number of carboxylic acids is 1. The van der Waals surface area contributed by atoms with Crippen LogP contribution >= 0.6 is 0 Å². The van der Waals surface area contributed by atoms with Gasteiger partial charge in [0, 0.05) is 19.6 Å². The molecule has 7 heteroatoms. The highest BCUT2D eigenvalue weighted by Gasteiger charge is 2.30. The molecule has 1 unspecified atom stereocenters. The molecule has 2 rings (SSSR count). The molecule has 0 saturated carbocycles. The summed E-state index contributed by atoms with van der Waals surface area (Å²) < 4.78 is 5.49. The molecule has 1 aliphatic heterocycles. The molecule has 0 aliphatic carbocycles. The lowest BCUT2D eigenvalue weighted by Crippen LogP contribution is -2.47. The highest BCUT2D eigenvalue weighted by Crippen LogP contribution is 2.20. The van der Waals surface area contributed by atoms with Crippen molar-refractivity contribution in [2.75, 3.05) is 26.2 Å². The van der Waals surface area contributed by atoms with Crippen LogP contribution in [-0.2, 0) is 14.4 Å². The number of hydrogen-bond acceptors (Lipinski definition) is 4. The van der Waals surface area contributed by atoms with Gasteiger partial charge in [-0.15, -0.1) is 0 Å². The van der Waals surface area contributed by atoms with Crippen LogP contribution in [0.4, 0.5) is 0 Å². The quantitative estimate of drug-likeness (QED) is 0.723. The third-order valence-corrected chi connectivity index (χ3v) is 4.88. The Kier molecular flexibility index (Phi) is 7.21. The third-order valence-electron chi connectivity index (χ3n) is 4.88. The van der Waals surface area contributed by atoms with Gasteiger partial charge in [-0.05, 0) is 45.2 Å². The van der Waals surface area contributed by atoms with Crippen molar-refractivity contribution < 1.29 is 24.2 Å². The standard InChI is InChI=1S/C20H28N2O5/c1-20(2,19(25)26)10-11-21-18(24)15-7-6-12-22(13-15)17(23)14-27-16-8-4-3-5-9-16/h3-5,8-9,15H,6-7,10-14H2,1-2H3,(H,21,24)(H,25,26). The smallest absolute Gasteiger partial charge is 0.309 e. The molecule has 1 aromatic carbocycles. The van der Waals surface area contributed by atoms with Crippen molar-refractivity contribution in [2.24, 2.45) is 11.3 Å². The summed E-state index contributed by atoms with van der Waals surface area (Å²) in [6.07, 6.45) is 1.83. The Labute approximate surface area is 159 Å². The van der Waals surface area contributed by atoms with E-state index in [2.05, 4.69) is 5.32 Å². The Morgan fingerprint density at radius 2 is 1.96 bits per heavy atom. The number of carboxylic acid groups (broad SMARTS) is 1. The molecule has 148 valence electrons. The first-order valence-corrected chi connectivity index (χ1v) is 9.26. The van der Waals surface area contributed by atoms with Crippen LogP contribution in [0, 0.1) is 11.3 Å². The number of carbonyl (C=O) groups excluding carboxylic acids is 2. The van der Waals surface area contributed by atoms with Crippen molar-refractivity contribution in [3.05, 3.63) is 30.3 Å². The highest BCUT2D eigenvalue weighted by atomic mass is 16.5. The first-order chi connectivity index (χ1) is 12.8. The van der Waals surface area contributed by atoms with E-state index in [-0.39, 0.29) is 24.3 Å². The molecule has 7 nitrogen and oxygen atoms in total. The summed E-state index contributed by atoms with van der Waals surface area (Å²) in [7, 11) is 0. The SMILES string of the molecule is CC(C)(CCNC(=O)C1CCCN(C(=O)COc2ccccc2)C1)C(=O)O. The van der Waals surface area contributed by atoms with Crippen LogP contribution in [0.15, 0.2) is 30.3 Å². The predicted octanol–water partition coefficient (Wildman–Crippen LogP) is 1.92. The molecule has 1 aromatic rings. The molecule has 1 atom stereocenters. The maximum Gasteiger partial charge on any atom is 0.309 e. The highest BCUT2D eigenvalue weighted by molar-refractivity contribution is 5.82. The lowest BCUT2D eigenvalue weighted by atomic mass is 9.89. The average Bonchev–Trinajstić information content (AvgIpc) is 2.66. The van der Waals surface area contributed by atoms with Crippen molar-refractivity contribution in [3.63, 3.8) is 0 Å². The normalized spacial score (nSPS) is 17.3. The van der Waals surface area contributed by atoms with Crippen LogP contribution in [-0.4, -0.2) is 54.0 Å². The fourth-order valence-corrected chi connectivity index (χ4v) is 2.92. The molecular formula is C20H28N2O5. The van der Waals surface area contributed by atoms with Crippen LogP contribution in [0.5, 0.6) is 5.75 Å². The van der Waals surface area contributed by atoms with Gasteiger partial charge < -0.3 is 20.1 Å². The first-order valence-electron chi connectivity index (χ1n) is 9.26. The average molecular weight is 376 g/mol. The van der Waals surface area contributed by atoms with Gasteiger partial charge in [-0.1, -0.05) is 18.2 Å². The van der Waals surface area contributed by atoms with Crippen LogP contribution in [0.2, 0.25) is 0 Å². The zero-order chi connectivity index (χ0) is 19.9. The van der Waals surface area contributed by atoms with E-state index in [4.69, 9.17) is 9.84 Å². The minimum atomic E-state index is -0.885. The molecule has 1 saturated heterocycles. The van der Waals surface area contributed by atoms with Gasteiger partial charge in [0.05, 0.1) is 11.3 Å². The van der Waals surface area contributed by atoms with E-state index < -0.39 is 11.4 Å². The Morgan fingerprint density at radius 1 is 1.26 bits per heavy atom. The van der Waals surface area contributed by atoms with E-state index in [0.717, 1.165) is 12.8 Å². The molecule has 2 amide bonds. The van der Waals surface area contributed by atoms with E-state index in [1.807, 2.05) is 18.2 Å². The Hall–Kier alpha value is -2.57. The van der Waals surface area contributed by atoms with Gasteiger partial charge in [0.1, 0.15) is 5.75 Å². The number of para-hydroxylation sites is 1. The number of rotatable bonds is 8. The summed E-state index contributed by atoms with van der Waals surface area (Å²) in [6, 6.07) is 9.14. The number of likely N-dealkylation sites (tertiary alicyclic amines) is 1. The number of hydrogen-bond donors (Lipinski definition) is 2. The summed E-state index contributed by atoms with van der Waals surface area (Å²) >= 11 is 0. The number of amides is 2. The van der Waals surface area contributed by atoms with Crippen LogP contribution in [0.3, 0.4) is 0 Å². The van der Waals surface area contributed by atoms with E-state index in [9.17, 15) is 14.4 Å². The van der Waals surface area contributed by atoms with Crippen LogP contribution < -0.4 is 10.1 Å². The molecule has 0 aromatic heterocycles. The summed E-state index contributed by atoms with van der Waals surface area (Å²) in [5.74, 6) is -0.781. The number of carbonyl (C=O) groups is 3. The summed E-state index contributed by atoms with van der Waals surface area (Å²) in [6.45, 7) is 4.51. The maximum absolute atomic E-state index is 12.4. The fourth-order valence-electron chi connectivity index (χ4n) is 2.92. The number of piperidine rings is 1. The number of nitrogens with zero attached hydrogens (tertiary/aromatic N) is 1. The zero-order valence-electron chi connectivity index (χ0n) is 15.9. The van der Waals surface area contributed by atoms with Crippen molar-refractivity contribution in [2.45, 2.75) is 33.1 Å². The van der Waals surface area contributed by atoms with Gasteiger partial charge in [0.15, 0.2) is 6.61 Å². The second-order valence-electron chi connectivity index (χ2n) is 7.51. The fraction of sp³-hybridized carbons (Fsp3) is 0.550. The van der Waals surface area contributed by atoms with Gasteiger partial charge in [0.2, 0.25) is 5.91 Å². The Morgan fingerprint density at radius 3 is 2.63 bits per heavy atom. The number of aliphatic carboxylic acids is 1. The molecule has 0 radical (unpaired) electrons. The number of nitrogens with one attached hydrogen (secondary N) is 1. The molecule has 1 fully saturated rings. The third kappa shape index (κ3) is 6.27. The zero-order valence-corrected chi connectivity index (χ0v) is 15.9. The van der Waals surface area contributed by atoms with Gasteiger partial charge in [0.25, 0.3) is 5.91 Å². The van der Waals surface area contributed by atoms with Gasteiger partial charge >= 0.3 is 5.97 Å². The molecule has 1 aliphatic rings. The van der Waals surface area contributed by atoms with E-state index in [1.54, 1.807) is 30.9 Å². The largest absolute Gasteiger partial charge is 0.484 e. The van der Waals surface area contributed by atoms with E-state index in [1.165, 1.54) is 0 Å². The Balaban J connectivity index is 1.77.